The van der Waals surface area contributed by atoms with Crippen LogP contribution in [0.25, 0.3) is 16.6 Å². The van der Waals surface area contributed by atoms with Crippen molar-refractivity contribution in [3.63, 3.8) is 0 Å². The van der Waals surface area contributed by atoms with Crippen LogP contribution in [-0.2, 0) is 4.79 Å². The molecular formula is C25H22FN3O2S2. The van der Waals surface area contributed by atoms with Gasteiger partial charge in [0.25, 0.3) is 5.56 Å². The molecule has 0 aliphatic rings. The maximum absolute atomic E-state index is 13.4. The zero-order valence-corrected chi connectivity index (χ0v) is 19.8. The molecule has 1 N–H and O–H groups in total. The quantitative estimate of drug-likeness (QED) is 0.163. The molecule has 168 valence electrons. The Labute approximate surface area is 199 Å². The number of hydrogen-bond acceptors (Lipinski definition) is 5. The molecule has 0 fully saturated rings. The molecule has 4 rings (SSSR count). The maximum atomic E-state index is 13.4. The van der Waals surface area contributed by atoms with Crippen LogP contribution in [0.1, 0.15) is 11.1 Å². The molecule has 0 unspecified atom stereocenters. The van der Waals surface area contributed by atoms with Gasteiger partial charge < -0.3 is 5.32 Å². The van der Waals surface area contributed by atoms with E-state index in [1.807, 2.05) is 38.1 Å². The van der Waals surface area contributed by atoms with Gasteiger partial charge in [0.05, 0.1) is 22.3 Å². The van der Waals surface area contributed by atoms with E-state index in [1.54, 1.807) is 30.3 Å². The maximum Gasteiger partial charge on any atom is 0.266 e. The third-order valence-corrected chi connectivity index (χ3v) is 7.26. The molecule has 3 aromatic carbocycles. The highest BCUT2D eigenvalue weighted by molar-refractivity contribution is 8.16. The number of carbonyl (C=O) groups excluding carboxylic acids is 1. The zero-order chi connectivity index (χ0) is 23.4. The highest BCUT2D eigenvalue weighted by Gasteiger charge is 2.14. The number of hydrogen-bond donors (Lipinski definition) is 1. The van der Waals surface area contributed by atoms with Crippen molar-refractivity contribution in [2.24, 2.45) is 0 Å². The number of thioether (sulfide) groups is 2. The van der Waals surface area contributed by atoms with Crippen LogP contribution in [0.15, 0.2) is 76.7 Å². The van der Waals surface area contributed by atoms with Gasteiger partial charge in [0, 0.05) is 10.8 Å². The number of anilines is 1. The predicted molar refractivity (Wildman–Crippen MR) is 135 cm³/mol. The number of fused-ring (bicyclic) bond motifs is 1. The van der Waals surface area contributed by atoms with E-state index in [9.17, 15) is 14.0 Å². The van der Waals surface area contributed by atoms with Crippen molar-refractivity contribution < 1.29 is 9.18 Å². The Balaban J connectivity index is 1.48. The fourth-order valence-corrected chi connectivity index (χ4v) is 5.10. The Morgan fingerprint density at radius 3 is 2.55 bits per heavy atom. The van der Waals surface area contributed by atoms with E-state index in [-0.39, 0.29) is 23.0 Å². The molecule has 0 aliphatic heterocycles. The second kappa shape index (κ2) is 10.2. The number of aryl methyl sites for hydroxylation is 2. The highest BCUT2D eigenvalue weighted by atomic mass is 32.2. The van der Waals surface area contributed by atoms with E-state index in [2.05, 4.69) is 10.3 Å². The standard InChI is InChI=1S/C25H22FN3O2S2/c1-16-7-10-19(13-17(16)2)27-23(30)14-32-15-33-25-28-22-6-4-3-5-21(22)24(31)29(25)20-11-8-18(26)9-12-20/h3-13H,14-15H2,1-2H3,(H,27,30). The van der Waals surface area contributed by atoms with Crippen LogP contribution in [-0.4, -0.2) is 26.3 Å². The molecule has 5 nitrogen and oxygen atoms in total. The minimum atomic E-state index is -0.375. The van der Waals surface area contributed by atoms with Gasteiger partial charge in [-0.05, 0) is 73.5 Å². The average molecular weight is 480 g/mol. The van der Waals surface area contributed by atoms with Crippen LogP contribution in [0.4, 0.5) is 10.1 Å². The van der Waals surface area contributed by atoms with Crippen LogP contribution in [0.3, 0.4) is 0 Å². The number of aromatic nitrogens is 2. The number of benzene rings is 3. The lowest BCUT2D eigenvalue weighted by molar-refractivity contribution is -0.113. The molecule has 33 heavy (non-hydrogen) atoms. The van der Waals surface area contributed by atoms with Crippen molar-refractivity contribution in [2.45, 2.75) is 19.0 Å². The van der Waals surface area contributed by atoms with Crippen LogP contribution >= 0.6 is 23.5 Å². The van der Waals surface area contributed by atoms with Crippen molar-refractivity contribution in [3.05, 3.63) is 94.0 Å². The fourth-order valence-electron chi connectivity index (χ4n) is 3.27. The number of halogens is 1. The van der Waals surface area contributed by atoms with E-state index >= 15 is 0 Å². The van der Waals surface area contributed by atoms with E-state index < -0.39 is 0 Å². The van der Waals surface area contributed by atoms with Gasteiger partial charge in [-0.3, -0.25) is 14.2 Å². The molecule has 0 saturated heterocycles. The molecular weight excluding hydrogens is 457 g/mol. The number of carbonyl (C=O) groups is 1. The zero-order valence-electron chi connectivity index (χ0n) is 18.2. The number of nitrogens with one attached hydrogen (secondary N) is 1. The van der Waals surface area contributed by atoms with Crippen LogP contribution in [0.5, 0.6) is 0 Å². The summed E-state index contributed by atoms with van der Waals surface area (Å²) in [6, 6.07) is 18.7. The summed E-state index contributed by atoms with van der Waals surface area (Å²) in [4.78, 5) is 30.2. The summed E-state index contributed by atoms with van der Waals surface area (Å²) in [6.45, 7) is 4.04. The largest absolute Gasteiger partial charge is 0.325 e. The Morgan fingerprint density at radius 2 is 1.79 bits per heavy atom. The van der Waals surface area contributed by atoms with Crippen molar-refractivity contribution >= 4 is 46.0 Å². The number of nitrogens with zero attached hydrogens (tertiary/aromatic N) is 2. The highest BCUT2D eigenvalue weighted by Crippen LogP contribution is 2.25. The molecule has 8 heteroatoms. The van der Waals surface area contributed by atoms with Gasteiger partial charge in [-0.2, -0.15) is 0 Å². The lowest BCUT2D eigenvalue weighted by Crippen LogP contribution is -2.21. The fraction of sp³-hybridized carbons (Fsp3) is 0.160. The summed E-state index contributed by atoms with van der Waals surface area (Å²) in [5.41, 5.74) is 4.00. The first-order valence-corrected chi connectivity index (χ1v) is 12.4. The summed E-state index contributed by atoms with van der Waals surface area (Å²) in [5, 5.41) is 4.41. The van der Waals surface area contributed by atoms with E-state index in [0.29, 0.717) is 26.8 Å². The molecule has 4 aromatic rings. The summed E-state index contributed by atoms with van der Waals surface area (Å²) in [5.74, 6) is -0.194. The molecule has 0 aliphatic carbocycles. The SMILES string of the molecule is Cc1ccc(NC(=O)CSCSc2nc3ccccc3c(=O)n2-c2ccc(F)cc2)cc1C. The van der Waals surface area contributed by atoms with Gasteiger partial charge in [-0.15, -0.1) is 11.8 Å². The summed E-state index contributed by atoms with van der Waals surface area (Å²) >= 11 is 2.80. The molecule has 1 aromatic heterocycles. The number of amides is 1. The van der Waals surface area contributed by atoms with Crippen LogP contribution in [0, 0.1) is 19.7 Å². The molecule has 0 bridgehead atoms. The summed E-state index contributed by atoms with van der Waals surface area (Å²) in [7, 11) is 0. The van der Waals surface area contributed by atoms with Crippen molar-refractivity contribution in [2.75, 3.05) is 16.2 Å². The van der Waals surface area contributed by atoms with Crippen molar-refractivity contribution in [1.29, 1.82) is 0 Å². The first-order chi connectivity index (χ1) is 15.9. The molecule has 0 radical (unpaired) electrons. The lowest BCUT2D eigenvalue weighted by atomic mass is 10.1. The minimum absolute atomic E-state index is 0.0914. The monoisotopic (exact) mass is 479 g/mol. The smallest absolute Gasteiger partial charge is 0.266 e. The van der Waals surface area contributed by atoms with E-state index in [0.717, 1.165) is 11.3 Å². The van der Waals surface area contributed by atoms with Gasteiger partial charge >= 0.3 is 0 Å². The average Bonchev–Trinajstić information content (AvgIpc) is 2.80. The first-order valence-electron chi connectivity index (χ1n) is 10.3. The molecule has 1 amide bonds. The van der Waals surface area contributed by atoms with Crippen molar-refractivity contribution in [3.8, 4) is 5.69 Å². The first kappa shape index (κ1) is 23.1. The van der Waals surface area contributed by atoms with Crippen LogP contribution < -0.4 is 10.9 Å². The van der Waals surface area contributed by atoms with Crippen LogP contribution in [0.2, 0.25) is 0 Å². The lowest BCUT2D eigenvalue weighted by Gasteiger charge is -2.13. The summed E-state index contributed by atoms with van der Waals surface area (Å²) in [6.07, 6.45) is 0. The molecule has 0 saturated carbocycles. The topological polar surface area (TPSA) is 64.0 Å². The number of rotatable bonds is 7. The van der Waals surface area contributed by atoms with Gasteiger partial charge in [-0.1, -0.05) is 30.0 Å². The van der Waals surface area contributed by atoms with Gasteiger partial charge in [0.1, 0.15) is 5.82 Å². The molecule has 0 atom stereocenters. The Hall–Kier alpha value is -3.10. The third-order valence-electron chi connectivity index (χ3n) is 5.12. The Morgan fingerprint density at radius 1 is 1.03 bits per heavy atom. The normalized spacial score (nSPS) is 11.0. The second-order valence-corrected chi connectivity index (χ2v) is 9.78. The van der Waals surface area contributed by atoms with Gasteiger partial charge in [0.2, 0.25) is 5.91 Å². The predicted octanol–water partition coefficient (Wildman–Crippen LogP) is 5.56. The molecule has 0 spiro atoms. The number of para-hydroxylation sites is 1. The van der Waals surface area contributed by atoms with E-state index in [1.165, 1.54) is 45.8 Å². The van der Waals surface area contributed by atoms with Gasteiger partial charge in [-0.25, -0.2) is 9.37 Å². The van der Waals surface area contributed by atoms with E-state index in [4.69, 9.17) is 0 Å². The third kappa shape index (κ3) is 5.46. The summed E-state index contributed by atoms with van der Waals surface area (Å²) < 4.78 is 14.9. The molecule has 1 heterocycles. The minimum Gasteiger partial charge on any atom is -0.325 e. The Kier molecular flexibility index (Phi) is 7.15. The van der Waals surface area contributed by atoms with Crippen molar-refractivity contribution in [1.82, 2.24) is 9.55 Å². The second-order valence-electron chi connectivity index (χ2n) is 7.49. The Bertz CT molecular complexity index is 1370. The van der Waals surface area contributed by atoms with Gasteiger partial charge in [0.15, 0.2) is 5.16 Å².